The van der Waals surface area contributed by atoms with Gasteiger partial charge in [-0.15, -0.1) is 0 Å². The van der Waals surface area contributed by atoms with Crippen molar-refractivity contribution in [3.8, 4) is 0 Å². The highest BCUT2D eigenvalue weighted by molar-refractivity contribution is 5.96. The van der Waals surface area contributed by atoms with E-state index in [1.807, 2.05) is 29.8 Å². The van der Waals surface area contributed by atoms with Crippen molar-refractivity contribution in [2.45, 2.75) is 6.54 Å². The second-order valence-corrected chi connectivity index (χ2v) is 5.67. The third kappa shape index (κ3) is 2.37. The maximum absolute atomic E-state index is 12.6. The summed E-state index contributed by atoms with van der Waals surface area (Å²) in [7, 11) is 3.61. The largest absolute Gasteiger partial charge is 0.337 e. The molecule has 0 N–H and O–H groups in total. The summed E-state index contributed by atoms with van der Waals surface area (Å²) in [6.45, 7) is 0.446. The highest BCUT2D eigenvalue weighted by atomic mass is 16.6. The fourth-order valence-electron chi connectivity index (χ4n) is 2.63. The normalized spacial score (nSPS) is 11.2. The maximum atomic E-state index is 12.6. The second-order valence-electron chi connectivity index (χ2n) is 5.67. The first kappa shape index (κ1) is 14.3. The monoisotopic (exact) mass is 322 g/mol. The number of hydrogen-bond acceptors (Lipinski definition) is 6. The fraction of sp³-hybridized carbons (Fsp3) is 0.188. The van der Waals surface area contributed by atoms with Crippen LogP contribution in [0.25, 0.3) is 22.2 Å². The maximum Gasteiger partial charge on any atom is 0.255 e. The Morgan fingerprint density at radius 2 is 2.00 bits per heavy atom. The second kappa shape index (κ2) is 5.41. The Labute approximate surface area is 136 Å². The predicted molar refractivity (Wildman–Crippen MR) is 86.1 cm³/mol. The molecule has 4 rings (SSSR count). The van der Waals surface area contributed by atoms with Gasteiger partial charge in [-0.05, 0) is 34.1 Å². The Bertz CT molecular complexity index is 1050. The Morgan fingerprint density at radius 1 is 1.17 bits per heavy atom. The van der Waals surface area contributed by atoms with Crippen LogP contribution in [0.3, 0.4) is 0 Å². The minimum absolute atomic E-state index is 0.117. The van der Waals surface area contributed by atoms with Gasteiger partial charge in [-0.25, -0.2) is 14.6 Å². The molecule has 8 nitrogen and oxygen atoms in total. The molecule has 0 fully saturated rings. The van der Waals surface area contributed by atoms with Crippen molar-refractivity contribution >= 4 is 28.1 Å². The van der Waals surface area contributed by atoms with Crippen LogP contribution < -0.4 is 0 Å². The summed E-state index contributed by atoms with van der Waals surface area (Å²) in [6, 6.07) is 7.33. The summed E-state index contributed by atoms with van der Waals surface area (Å²) in [4.78, 5) is 22.8. The van der Waals surface area contributed by atoms with Crippen molar-refractivity contribution < 1.29 is 9.42 Å². The molecule has 0 aliphatic heterocycles. The highest BCUT2D eigenvalue weighted by Crippen LogP contribution is 2.16. The van der Waals surface area contributed by atoms with E-state index in [0.29, 0.717) is 28.7 Å². The molecule has 0 aliphatic rings. The molecule has 0 aliphatic carbocycles. The first-order valence-corrected chi connectivity index (χ1v) is 7.35. The van der Waals surface area contributed by atoms with E-state index in [9.17, 15) is 4.79 Å². The van der Waals surface area contributed by atoms with E-state index >= 15 is 0 Å². The van der Waals surface area contributed by atoms with Crippen LogP contribution in [-0.2, 0) is 13.6 Å². The summed E-state index contributed by atoms with van der Waals surface area (Å²) in [5.74, 6) is -0.117. The SMILES string of the molecule is CN(Cc1ccc2nonc2c1)C(=O)c1cnc2c(c1)ncn2C. The molecule has 24 heavy (non-hydrogen) atoms. The smallest absolute Gasteiger partial charge is 0.255 e. The third-order valence-electron chi connectivity index (χ3n) is 3.88. The van der Waals surface area contributed by atoms with E-state index in [-0.39, 0.29) is 5.91 Å². The molecule has 0 radical (unpaired) electrons. The van der Waals surface area contributed by atoms with Crippen molar-refractivity contribution in [3.63, 3.8) is 0 Å². The van der Waals surface area contributed by atoms with E-state index in [0.717, 1.165) is 11.2 Å². The van der Waals surface area contributed by atoms with Gasteiger partial charge in [0.2, 0.25) is 0 Å². The predicted octanol–water partition coefficient (Wildman–Crippen LogP) is 1.78. The van der Waals surface area contributed by atoms with Crippen LogP contribution >= 0.6 is 0 Å². The van der Waals surface area contributed by atoms with E-state index in [2.05, 4.69) is 24.9 Å². The molecule has 4 aromatic rings. The van der Waals surface area contributed by atoms with E-state index in [4.69, 9.17) is 0 Å². The number of rotatable bonds is 3. The number of aryl methyl sites for hydroxylation is 1. The third-order valence-corrected chi connectivity index (χ3v) is 3.88. The number of carbonyl (C=O) groups excluding carboxylic acids is 1. The molecule has 0 saturated carbocycles. The van der Waals surface area contributed by atoms with Crippen molar-refractivity contribution in [3.05, 3.63) is 47.9 Å². The lowest BCUT2D eigenvalue weighted by Gasteiger charge is -2.17. The lowest BCUT2D eigenvalue weighted by Crippen LogP contribution is -2.26. The van der Waals surface area contributed by atoms with Crippen LogP contribution in [0.1, 0.15) is 15.9 Å². The summed E-state index contributed by atoms with van der Waals surface area (Å²) >= 11 is 0. The lowest BCUT2D eigenvalue weighted by atomic mass is 10.1. The summed E-state index contributed by atoms with van der Waals surface area (Å²) in [6.07, 6.45) is 3.25. The zero-order chi connectivity index (χ0) is 16.7. The minimum Gasteiger partial charge on any atom is -0.337 e. The van der Waals surface area contributed by atoms with Crippen LogP contribution in [0.15, 0.2) is 41.4 Å². The van der Waals surface area contributed by atoms with Gasteiger partial charge in [0.15, 0.2) is 5.65 Å². The number of carbonyl (C=O) groups is 1. The van der Waals surface area contributed by atoms with Crippen LogP contribution in [0.5, 0.6) is 0 Å². The van der Waals surface area contributed by atoms with Crippen molar-refractivity contribution in [2.75, 3.05) is 7.05 Å². The number of nitrogens with zero attached hydrogens (tertiary/aromatic N) is 6. The van der Waals surface area contributed by atoms with Crippen molar-refractivity contribution in [2.24, 2.45) is 7.05 Å². The fourth-order valence-corrected chi connectivity index (χ4v) is 2.63. The molecule has 0 atom stereocenters. The zero-order valence-electron chi connectivity index (χ0n) is 13.2. The highest BCUT2D eigenvalue weighted by Gasteiger charge is 2.15. The first-order chi connectivity index (χ1) is 11.6. The Hall–Kier alpha value is -3.29. The van der Waals surface area contributed by atoms with Gasteiger partial charge in [0, 0.05) is 26.8 Å². The molecule has 120 valence electrons. The molecule has 3 heterocycles. The van der Waals surface area contributed by atoms with Crippen LogP contribution in [0, 0.1) is 0 Å². The molecule has 1 aromatic carbocycles. The number of amides is 1. The average Bonchev–Trinajstić information content (AvgIpc) is 3.20. The van der Waals surface area contributed by atoms with Crippen molar-refractivity contribution in [1.29, 1.82) is 0 Å². The topological polar surface area (TPSA) is 89.9 Å². The quantitative estimate of drug-likeness (QED) is 0.571. The molecular weight excluding hydrogens is 308 g/mol. The van der Waals surface area contributed by atoms with Crippen LogP contribution in [0.4, 0.5) is 0 Å². The van der Waals surface area contributed by atoms with Gasteiger partial charge in [0.05, 0.1) is 11.9 Å². The van der Waals surface area contributed by atoms with Gasteiger partial charge in [-0.1, -0.05) is 6.07 Å². The van der Waals surface area contributed by atoms with Gasteiger partial charge in [-0.3, -0.25) is 4.79 Å². The number of pyridine rings is 1. The van der Waals surface area contributed by atoms with Gasteiger partial charge in [0.25, 0.3) is 5.91 Å². The minimum atomic E-state index is -0.117. The molecule has 0 saturated heterocycles. The zero-order valence-corrected chi connectivity index (χ0v) is 13.2. The van der Waals surface area contributed by atoms with Gasteiger partial charge in [0.1, 0.15) is 16.6 Å². The summed E-state index contributed by atoms with van der Waals surface area (Å²) in [5.41, 5.74) is 4.27. The first-order valence-electron chi connectivity index (χ1n) is 7.35. The molecule has 3 aromatic heterocycles. The Balaban J connectivity index is 1.57. The molecular formula is C16H14N6O2. The summed E-state index contributed by atoms with van der Waals surface area (Å²) in [5, 5.41) is 7.58. The van der Waals surface area contributed by atoms with Gasteiger partial charge in [-0.2, -0.15) is 0 Å². The standard InChI is InChI=1S/C16H14N6O2/c1-21(8-10-3-4-12-13(5-10)20-24-19-12)16(23)11-6-14-15(17-7-11)22(2)9-18-14/h3-7,9H,8H2,1-2H3. The number of hydrogen-bond donors (Lipinski definition) is 0. The van der Waals surface area contributed by atoms with Crippen molar-refractivity contribution in [1.82, 2.24) is 29.7 Å². The van der Waals surface area contributed by atoms with Crippen LogP contribution in [-0.4, -0.2) is 42.7 Å². The van der Waals surface area contributed by atoms with Gasteiger partial charge < -0.3 is 9.47 Å². The number of aromatic nitrogens is 5. The van der Waals surface area contributed by atoms with E-state index in [1.165, 1.54) is 0 Å². The molecule has 8 heteroatoms. The Kier molecular flexibility index (Phi) is 3.23. The molecule has 0 spiro atoms. The number of imidazole rings is 1. The van der Waals surface area contributed by atoms with E-state index in [1.54, 1.807) is 30.5 Å². The van der Waals surface area contributed by atoms with Gasteiger partial charge >= 0.3 is 0 Å². The van der Waals surface area contributed by atoms with Crippen LogP contribution in [0.2, 0.25) is 0 Å². The Morgan fingerprint density at radius 3 is 2.88 bits per heavy atom. The molecule has 1 amide bonds. The molecule has 0 bridgehead atoms. The number of fused-ring (bicyclic) bond motifs is 2. The average molecular weight is 322 g/mol. The van der Waals surface area contributed by atoms with E-state index < -0.39 is 0 Å². The summed E-state index contributed by atoms with van der Waals surface area (Å²) < 4.78 is 6.50. The number of benzene rings is 1. The lowest BCUT2D eigenvalue weighted by molar-refractivity contribution is 0.0785. The molecule has 0 unspecified atom stereocenters.